The number of anilines is 1. The van der Waals surface area contributed by atoms with Crippen LogP contribution in [0, 0.1) is 11.3 Å². The first-order valence-corrected chi connectivity index (χ1v) is 7.16. The number of rotatable bonds is 2. The molecule has 100 valence electrons. The summed E-state index contributed by atoms with van der Waals surface area (Å²) in [6.45, 7) is 0. The lowest BCUT2D eigenvalue weighted by atomic mass is 10.1. The molecule has 20 heavy (non-hydrogen) atoms. The van der Waals surface area contributed by atoms with E-state index in [1.165, 1.54) is 11.3 Å². The van der Waals surface area contributed by atoms with E-state index in [1.807, 2.05) is 6.07 Å². The number of fused-ring (bicyclic) bond motifs is 1. The third-order valence-corrected chi connectivity index (χ3v) is 4.08. The van der Waals surface area contributed by atoms with Gasteiger partial charge in [0.25, 0.3) is 5.91 Å². The van der Waals surface area contributed by atoms with Crippen molar-refractivity contribution in [1.82, 2.24) is 0 Å². The van der Waals surface area contributed by atoms with Gasteiger partial charge in [-0.05, 0) is 35.2 Å². The SMILES string of the molecule is N#Cc1ccsc1NC(=O)[C@H]1Cc2cc(Cl)ccc2O1. The van der Waals surface area contributed by atoms with Crippen molar-refractivity contribution in [2.45, 2.75) is 12.5 Å². The van der Waals surface area contributed by atoms with Crippen LogP contribution in [0.5, 0.6) is 5.75 Å². The Hall–Kier alpha value is -2.03. The Morgan fingerprint density at radius 3 is 3.15 bits per heavy atom. The van der Waals surface area contributed by atoms with Gasteiger partial charge in [0, 0.05) is 11.4 Å². The second kappa shape index (κ2) is 5.16. The number of halogens is 1. The second-order valence-corrected chi connectivity index (χ2v) is 5.68. The summed E-state index contributed by atoms with van der Waals surface area (Å²) in [6, 6.07) is 9.00. The standard InChI is InChI=1S/C14H9ClN2O2S/c15-10-1-2-11-9(5-10)6-12(19-11)13(18)17-14-8(7-16)3-4-20-14/h1-5,12H,6H2,(H,17,18)/t12-/m1/s1. The zero-order chi connectivity index (χ0) is 14.1. The van der Waals surface area contributed by atoms with Gasteiger partial charge < -0.3 is 10.1 Å². The maximum atomic E-state index is 12.2. The molecule has 0 spiro atoms. The summed E-state index contributed by atoms with van der Waals surface area (Å²) in [5.41, 5.74) is 1.38. The Morgan fingerprint density at radius 1 is 1.50 bits per heavy atom. The molecule has 0 fully saturated rings. The van der Waals surface area contributed by atoms with Crippen LogP contribution in [0.1, 0.15) is 11.1 Å². The molecule has 1 aromatic heterocycles. The third kappa shape index (κ3) is 2.36. The molecule has 1 aromatic carbocycles. The van der Waals surface area contributed by atoms with Crippen LogP contribution < -0.4 is 10.1 Å². The molecule has 1 amide bonds. The highest BCUT2D eigenvalue weighted by Crippen LogP contribution is 2.32. The summed E-state index contributed by atoms with van der Waals surface area (Å²) >= 11 is 7.23. The van der Waals surface area contributed by atoms with Crippen LogP contribution in [0.3, 0.4) is 0 Å². The molecular weight excluding hydrogens is 296 g/mol. The van der Waals surface area contributed by atoms with Crippen LogP contribution in [-0.2, 0) is 11.2 Å². The van der Waals surface area contributed by atoms with Gasteiger partial charge in [-0.1, -0.05) is 11.6 Å². The Bertz CT molecular complexity index is 720. The topological polar surface area (TPSA) is 62.1 Å². The number of thiophene rings is 1. The molecule has 2 aromatic rings. The summed E-state index contributed by atoms with van der Waals surface area (Å²) in [5.74, 6) is 0.428. The monoisotopic (exact) mass is 304 g/mol. The molecule has 0 radical (unpaired) electrons. The Kier molecular flexibility index (Phi) is 3.35. The summed E-state index contributed by atoms with van der Waals surface area (Å²) in [4.78, 5) is 12.2. The van der Waals surface area contributed by atoms with Gasteiger partial charge in [-0.25, -0.2) is 0 Å². The van der Waals surface area contributed by atoms with E-state index in [1.54, 1.807) is 29.6 Å². The minimum atomic E-state index is -0.586. The van der Waals surface area contributed by atoms with Crippen molar-refractivity contribution in [2.24, 2.45) is 0 Å². The molecule has 0 saturated heterocycles. The van der Waals surface area contributed by atoms with Gasteiger partial charge in [-0.2, -0.15) is 5.26 Å². The van der Waals surface area contributed by atoms with E-state index in [0.717, 1.165) is 5.56 Å². The molecule has 6 heteroatoms. The molecule has 4 nitrogen and oxygen atoms in total. The summed E-state index contributed by atoms with van der Waals surface area (Å²) in [7, 11) is 0. The van der Waals surface area contributed by atoms with Gasteiger partial charge in [0.15, 0.2) is 6.10 Å². The highest BCUT2D eigenvalue weighted by atomic mass is 35.5. The van der Waals surface area contributed by atoms with Crippen molar-refractivity contribution in [3.05, 3.63) is 45.8 Å². The molecule has 0 bridgehead atoms. The van der Waals surface area contributed by atoms with Gasteiger partial charge in [-0.15, -0.1) is 11.3 Å². The predicted octanol–water partition coefficient (Wildman–Crippen LogP) is 3.22. The minimum absolute atomic E-state index is 0.253. The van der Waals surface area contributed by atoms with Crippen molar-refractivity contribution < 1.29 is 9.53 Å². The number of ether oxygens (including phenoxy) is 1. The van der Waals surface area contributed by atoms with Crippen molar-refractivity contribution in [1.29, 1.82) is 5.26 Å². The number of nitrogens with zero attached hydrogens (tertiary/aromatic N) is 1. The fourth-order valence-corrected chi connectivity index (χ4v) is 2.98. The van der Waals surface area contributed by atoms with E-state index < -0.39 is 6.10 Å². The maximum absolute atomic E-state index is 12.2. The van der Waals surface area contributed by atoms with E-state index in [9.17, 15) is 4.79 Å². The predicted molar refractivity (Wildman–Crippen MR) is 77.2 cm³/mol. The van der Waals surface area contributed by atoms with Gasteiger partial charge >= 0.3 is 0 Å². The summed E-state index contributed by atoms with van der Waals surface area (Å²) in [5, 5.41) is 14.6. The number of nitriles is 1. The Morgan fingerprint density at radius 2 is 2.35 bits per heavy atom. The average molecular weight is 305 g/mol. The first-order chi connectivity index (χ1) is 9.67. The average Bonchev–Trinajstić information content (AvgIpc) is 3.04. The minimum Gasteiger partial charge on any atom is -0.480 e. The van der Waals surface area contributed by atoms with E-state index in [0.29, 0.717) is 27.8 Å². The quantitative estimate of drug-likeness (QED) is 0.926. The van der Waals surface area contributed by atoms with E-state index in [-0.39, 0.29) is 5.91 Å². The van der Waals surface area contributed by atoms with E-state index >= 15 is 0 Å². The molecular formula is C14H9ClN2O2S. The molecule has 1 N–H and O–H groups in total. The number of nitrogens with one attached hydrogen (secondary N) is 1. The molecule has 2 heterocycles. The van der Waals surface area contributed by atoms with Gasteiger partial charge in [0.05, 0.1) is 5.56 Å². The molecule has 1 aliphatic rings. The number of hydrogen-bond donors (Lipinski definition) is 1. The van der Waals surface area contributed by atoms with Crippen LogP contribution in [0.25, 0.3) is 0 Å². The third-order valence-electron chi connectivity index (χ3n) is 3.01. The molecule has 1 atom stereocenters. The molecule has 1 aliphatic heterocycles. The zero-order valence-corrected chi connectivity index (χ0v) is 11.8. The maximum Gasteiger partial charge on any atom is 0.266 e. The lowest BCUT2D eigenvalue weighted by Gasteiger charge is -2.10. The van der Waals surface area contributed by atoms with Crippen molar-refractivity contribution in [3.63, 3.8) is 0 Å². The molecule has 0 unspecified atom stereocenters. The highest BCUT2D eigenvalue weighted by molar-refractivity contribution is 7.14. The van der Waals surface area contributed by atoms with Crippen molar-refractivity contribution in [2.75, 3.05) is 5.32 Å². The largest absolute Gasteiger partial charge is 0.480 e. The number of carbonyl (C=O) groups is 1. The number of hydrogen-bond acceptors (Lipinski definition) is 4. The first kappa shape index (κ1) is 13.0. The van der Waals surface area contributed by atoms with Crippen LogP contribution in [-0.4, -0.2) is 12.0 Å². The van der Waals surface area contributed by atoms with Crippen LogP contribution in [0.4, 0.5) is 5.00 Å². The number of amides is 1. The van der Waals surface area contributed by atoms with E-state index in [4.69, 9.17) is 21.6 Å². The fourth-order valence-electron chi connectivity index (χ4n) is 2.05. The highest BCUT2D eigenvalue weighted by Gasteiger charge is 2.29. The van der Waals surface area contributed by atoms with E-state index in [2.05, 4.69) is 5.32 Å². The van der Waals surface area contributed by atoms with Gasteiger partial charge in [0.1, 0.15) is 16.8 Å². The fraction of sp³-hybridized carbons (Fsp3) is 0.143. The second-order valence-electron chi connectivity index (χ2n) is 4.33. The normalized spacial score (nSPS) is 16.1. The Labute approximate surface area is 124 Å². The van der Waals surface area contributed by atoms with Gasteiger partial charge in [0.2, 0.25) is 0 Å². The lowest BCUT2D eigenvalue weighted by molar-refractivity contribution is -0.122. The summed E-state index contributed by atoms with van der Waals surface area (Å²) < 4.78 is 5.60. The van der Waals surface area contributed by atoms with Crippen molar-refractivity contribution in [3.8, 4) is 11.8 Å². The van der Waals surface area contributed by atoms with Crippen molar-refractivity contribution >= 4 is 33.8 Å². The number of carbonyl (C=O) groups excluding carboxylic acids is 1. The summed E-state index contributed by atoms with van der Waals surface area (Å²) in [6.07, 6.45) is -0.105. The zero-order valence-electron chi connectivity index (χ0n) is 10.2. The molecule has 0 saturated carbocycles. The number of benzene rings is 1. The van der Waals surface area contributed by atoms with Crippen LogP contribution >= 0.6 is 22.9 Å². The Balaban J connectivity index is 1.73. The first-order valence-electron chi connectivity index (χ1n) is 5.91. The van der Waals surface area contributed by atoms with Gasteiger partial charge in [-0.3, -0.25) is 4.79 Å². The smallest absolute Gasteiger partial charge is 0.266 e. The molecule has 3 rings (SSSR count). The van der Waals surface area contributed by atoms with Crippen LogP contribution in [0.15, 0.2) is 29.6 Å². The molecule has 0 aliphatic carbocycles. The van der Waals surface area contributed by atoms with Crippen LogP contribution in [0.2, 0.25) is 5.02 Å². The lowest BCUT2D eigenvalue weighted by Crippen LogP contribution is -2.31.